The molecule has 1 aromatic rings. The van der Waals surface area contributed by atoms with Crippen LogP contribution in [0.3, 0.4) is 0 Å². The maximum absolute atomic E-state index is 9.10. The number of nitrogens with zero attached hydrogens (tertiary/aromatic N) is 4. The van der Waals surface area contributed by atoms with Crippen LogP contribution in [0.2, 0.25) is 0 Å². The van der Waals surface area contributed by atoms with Crippen LogP contribution in [0.4, 0.5) is 5.69 Å². The van der Waals surface area contributed by atoms with Crippen LogP contribution in [-0.4, -0.2) is 24.8 Å². The van der Waals surface area contributed by atoms with Gasteiger partial charge in [0.1, 0.15) is 17.7 Å². The molecule has 1 aliphatic rings. The molecule has 0 spiro atoms. The van der Waals surface area contributed by atoms with E-state index < -0.39 is 0 Å². The van der Waals surface area contributed by atoms with Gasteiger partial charge in [0.05, 0.1) is 5.71 Å². The molecule has 0 fully saturated rings. The van der Waals surface area contributed by atoms with Crippen LogP contribution in [0.5, 0.6) is 0 Å². The van der Waals surface area contributed by atoms with Gasteiger partial charge in [0.2, 0.25) is 0 Å². The molecule has 1 aliphatic carbocycles. The number of hydrogen-bond donors (Lipinski definition) is 0. The Kier molecular flexibility index (Phi) is 9.79. The summed E-state index contributed by atoms with van der Waals surface area (Å²) in [6.07, 6.45) is 12.5. The predicted molar refractivity (Wildman–Crippen MR) is 130 cm³/mol. The molecule has 1 aromatic carbocycles. The first kappa shape index (κ1) is 24.2. The van der Waals surface area contributed by atoms with Crippen molar-refractivity contribution in [3.8, 4) is 12.1 Å². The number of allylic oxidation sites excluding steroid dienone is 6. The summed E-state index contributed by atoms with van der Waals surface area (Å²) in [6, 6.07) is 12.8. The highest BCUT2D eigenvalue weighted by molar-refractivity contribution is 6.05. The van der Waals surface area contributed by atoms with Crippen molar-refractivity contribution in [2.45, 2.75) is 59.4 Å². The van der Waals surface area contributed by atoms with Gasteiger partial charge in [-0.3, -0.25) is 4.99 Å². The minimum atomic E-state index is 0.0203. The summed E-state index contributed by atoms with van der Waals surface area (Å²) in [5, 5.41) is 18.2. The fourth-order valence-electron chi connectivity index (χ4n) is 3.58. The van der Waals surface area contributed by atoms with E-state index in [2.05, 4.69) is 56.9 Å². The summed E-state index contributed by atoms with van der Waals surface area (Å²) in [5.74, 6) is 0.0203. The third-order valence-corrected chi connectivity index (χ3v) is 5.28. The first-order valence-corrected chi connectivity index (χ1v) is 11.4. The number of aliphatic imine (C=N–C) groups is 1. The molecule has 162 valence electrons. The van der Waals surface area contributed by atoms with E-state index in [9.17, 15) is 0 Å². The lowest BCUT2D eigenvalue weighted by atomic mass is 9.90. The topological polar surface area (TPSA) is 63.2 Å². The maximum atomic E-state index is 9.10. The Labute approximate surface area is 187 Å². The number of rotatable bonds is 10. The zero-order valence-electron chi connectivity index (χ0n) is 19.3. The average molecular weight is 415 g/mol. The highest BCUT2D eigenvalue weighted by atomic mass is 15.1. The van der Waals surface area contributed by atoms with Crippen molar-refractivity contribution in [2.24, 2.45) is 10.9 Å². The van der Waals surface area contributed by atoms with Gasteiger partial charge < -0.3 is 4.90 Å². The number of unbranched alkanes of at least 4 members (excludes halogenated alkanes) is 2. The lowest BCUT2D eigenvalue weighted by Crippen LogP contribution is -2.25. The highest BCUT2D eigenvalue weighted by Crippen LogP contribution is 2.24. The Bertz CT molecular complexity index is 877. The summed E-state index contributed by atoms with van der Waals surface area (Å²) in [6.45, 7) is 10.8. The van der Waals surface area contributed by atoms with Crippen molar-refractivity contribution >= 4 is 11.4 Å². The number of hydrogen-bond acceptors (Lipinski definition) is 4. The summed E-state index contributed by atoms with van der Waals surface area (Å²) in [7, 11) is 0. The van der Waals surface area contributed by atoms with E-state index in [1.54, 1.807) is 0 Å². The van der Waals surface area contributed by atoms with E-state index in [0.29, 0.717) is 5.57 Å². The molecular weight excluding hydrogens is 380 g/mol. The average Bonchev–Trinajstić information content (AvgIpc) is 2.79. The van der Waals surface area contributed by atoms with E-state index in [1.807, 2.05) is 36.4 Å². The van der Waals surface area contributed by atoms with E-state index in [-0.39, 0.29) is 17.5 Å². The molecule has 0 unspecified atom stereocenters. The third kappa shape index (κ3) is 6.97. The standard InChI is InChI=1S/C27H34N4/c1-5-7-17-31(18-8-6-2)26-15-13-24(14-16-26)27(30-21(3)4)23-11-9-22(10-12-23)25(19-28)20-29/h9-16,21,23H,5-8,17-18H2,1-4H3. The highest BCUT2D eigenvalue weighted by Gasteiger charge is 2.17. The van der Waals surface area contributed by atoms with Crippen molar-refractivity contribution in [3.05, 3.63) is 65.3 Å². The summed E-state index contributed by atoms with van der Waals surface area (Å²) >= 11 is 0. The van der Waals surface area contributed by atoms with Gasteiger partial charge in [-0.05, 0) is 44.4 Å². The second-order valence-electron chi connectivity index (χ2n) is 8.15. The van der Waals surface area contributed by atoms with E-state index in [1.165, 1.54) is 31.4 Å². The van der Waals surface area contributed by atoms with Gasteiger partial charge in [0, 0.05) is 36.3 Å². The van der Waals surface area contributed by atoms with Gasteiger partial charge in [-0.25, -0.2) is 0 Å². The molecule has 0 aliphatic heterocycles. The van der Waals surface area contributed by atoms with Crippen LogP contribution in [0.25, 0.3) is 0 Å². The fraction of sp³-hybridized carbons (Fsp3) is 0.444. The van der Waals surface area contributed by atoms with Crippen LogP contribution in [-0.2, 0) is 0 Å². The Morgan fingerprint density at radius 2 is 1.52 bits per heavy atom. The molecule has 0 saturated heterocycles. The molecule has 31 heavy (non-hydrogen) atoms. The molecule has 0 saturated carbocycles. The minimum absolute atomic E-state index is 0.0203. The Morgan fingerprint density at radius 1 is 0.968 bits per heavy atom. The zero-order valence-corrected chi connectivity index (χ0v) is 19.3. The molecule has 0 bridgehead atoms. The second kappa shape index (κ2) is 12.6. The summed E-state index contributed by atoms with van der Waals surface area (Å²) in [4.78, 5) is 7.39. The molecule has 0 heterocycles. The molecule has 0 N–H and O–H groups in total. The smallest absolute Gasteiger partial charge is 0.136 e. The van der Waals surface area contributed by atoms with E-state index in [0.717, 1.165) is 24.4 Å². The first-order chi connectivity index (χ1) is 15.0. The fourth-order valence-corrected chi connectivity index (χ4v) is 3.58. The van der Waals surface area contributed by atoms with Crippen molar-refractivity contribution in [1.82, 2.24) is 0 Å². The van der Waals surface area contributed by atoms with Crippen LogP contribution < -0.4 is 4.90 Å². The number of benzene rings is 1. The number of nitriles is 2. The second-order valence-corrected chi connectivity index (χ2v) is 8.15. The first-order valence-electron chi connectivity index (χ1n) is 11.4. The summed E-state index contributed by atoms with van der Waals surface area (Å²) in [5.41, 5.74) is 4.18. The Morgan fingerprint density at radius 3 is 1.97 bits per heavy atom. The molecular formula is C27H34N4. The van der Waals surface area contributed by atoms with Crippen molar-refractivity contribution < 1.29 is 0 Å². The quantitative estimate of drug-likeness (QED) is 0.330. The molecule has 4 heteroatoms. The SMILES string of the molecule is CCCCN(CCCC)c1ccc(C(=NC(C)C)C2C=CC(=C(C#N)C#N)C=C2)cc1. The van der Waals surface area contributed by atoms with Gasteiger partial charge in [-0.15, -0.1) is 0 Å². The van der Waals surface area contributed by atoms with Crippen molar-refractivity contribution in [3.63, 3.8) is 0 Å². The number of anilines is 1. The lowest BCUT2D eigenvalue weighted by molar-refractivity contribution is 0.678. The Hall–Kier alpha value is -3.11. The lowest BCUT2D eigenvalue weighted by Gasteiger charge is -2.25. The van der Waals surface area contributed by atoms with Crippen LogP contribution in [0.15, 0.2) is 64.7 Å². The van der Waals surface area contributed by atoms with E-state index >= 15 is 0 Å². The van der Waals surface area contributed by atoms with Crippen LogP contribution >= 0.6 is 0 Å². The molecule has 2 rings (SSSR count). The van der Waals surface area contributed by atoms with Crippen LogP contribution in [0.1, 0.15) is 58.9 Å². The molecule has 4 nitrogen and oxygen atoms in total. The molecule has 0 aromatic heterocycles. The van der Waals surface area contributed by atoms with Gasteiger partial charge in [-0.1, -0.05) is 63.1 Å². The zero-order chi connectivity index (χ0) is 22.6. The van der Waals surface area contributed by atoms with Crippen LogP contribution in [0, 0.1) is 28.6 Å². The van der Waals surface area contributed by atoms with Gasteiger partial charge >= 0.3 is 0 Å². The molecule has 0 radical (unpaired) electrons. The minimum Gasteiger partial charge on any atom is -0.372 e. The normalized spacial score (nSPS) is 15.6. The van der Waals surface area contributed by atoms with Gasteiger partial charge in [0.15, 0.2) is 0 Å². The van der Waals surface area contributed by atoms with Crippen molar-refractivity contribution in [2.75, 3.05) is 18.0 Å². The van der Waals surface area contributed by atoms with E-state index in [4.69, 9.17) is 15.5 Å². The molecule has 0 atom stereocenters. The third-order valence-electron chi connectivity index (χ3n) is 5.28. The maximum Gasteiger partial charge on any atom is 0.136 e. The molecule has 0 amide bonds. The van der Waals surface area contributed by atoms with Gasteiger partial charge in [0.25, 0.3) is 0 Å². The Balaban J connectivity index is 2.29. The monoisotopic (exact) mass is 414 g/mol. The summed E-state index contributed by atoms with van der Waals surface area (Å²) < 4.78 is 0. The predicted octanol–water partition coefficient (Wildman–Crippen LogP) is 6.38. The van der Waals surface area contributed by atoms with Gasteiger partial charge in [-0.2, -0.15) is 10.5 Å². The largest absolute Gasteiger partial charge is 0.372 e. The van der Waals surface area contributed by atoms with Crippen molar-refractivity contribution in [1.29, 1.82) is 10.5 Å².